The van der Waals surface area contributed by atoms with Gasteiger partial charge in [-0.05, 0) is 25.5 Å². The lowest BCUT2D eigenvalue weighted by Gasteiger charge is -2.39. The van der Waals surface area contributed by atoms with Gasteiger partial charge in [0.25, 0.3) is 5.91 Å². The molecule has 7 nitrogen and oxygen atoms in total. The van der Waals surface area contributed by atoms with Gasteiger partial charge >= 0.3 is 0 Å². The molecule has 2 saturated heterocycles. The second-order valence-corrected chi connectivity index (χ2v) is 7.45. The lowest BCUT2D eigenvalue weighted by molar-refractivity contribution is -0.144. The van der Waals surface area contributed by atoms with Crippen molar-refractivity contribution in [3.63, 3.8) is 0 Å². The first-order valence-corrected chi connectivity index (χ1v) is 10.0. The molecule has 0 aromatic rings. The molecule has 0 aromatic heterocycles. The van der Waals surface area contributed by atoms with Crippen molar-refractivity contribution in [2.24, 2.45) is 0 Å². The summed E-state index contributed by atoms with van der Waals surface area (Å²) < 4.78 is 13.9. The van der Waals surface area contributed by atoms with Crippen LogP contribution in [0.4, 0.5) is 4.39 Å². The highest BCUT2D eigenvalue weighted by atomic mass is 19.1. The summed E-state index contributed by atoms with van der Waals surface area (Å²) in [6.45, 7) is 7.17. The number of likely N-dealkylation sites (N-methyl/N-ethyl adjacent to an activating group) is 1. The zero-order valence-electron chi connectivity index (χ0n) is 17.4. The number of hydrogen-bond donors (Lipinski definition) is 0. The summed E-state index contributed by atoms with van der Waals surface area (Å²) in [6.07, 6.45) is 8.98. The van der Waals surface area contributed by atoms with Crippen molar-refractivity contribution < 1.29 is 18.8 Å². The van der Waals surface area contributed by atoms with Crippen molar-refractivity contribution in [1.82, 2.24) is 19.6 Å². The Morgan fingerprint density at radius 2 is 2.00 bits per heavy atom. The van der Waals surface area contributed by atoms with Crippen LogP contribution in [0.25, 0.3) is 0 Å². The predicted molar refractivity (Wildman–Crippen MR) is 111 cm³/mol. The van der Waals surface area contributed by atoms with E-state index in [9.17, 15) is 18.8 Å². The summed E-state index contributed by atoms with van der Waals surface area (Å²) in [5, 5.41) is 0. The molecule has 1 aliphatic carbocycles. The first-order valence-electron chi connectivity index (χ1n) is 10.0. The molecular weight excluding hydrogens is 387 g/mol. The van der Waals surface area contributed by atoms with E-state index in [1.165, 1.54) is 6.08 Å². The van der Waals surface area contributed by atoms with Crippen molar-refractivity contribution in [3.8, 4) is 0 Å². The van der Waals surface area contributed by atoms with E-state index < -0.39 is 0 Å². The fraction of sp³-hybridized carbons (Fsp3) is 0.409. The van der Waals surface area contributed by atoms with Gasteiger partial charge in [0.1, 0.15) is 11.5 Å². The van der Waals surface area contributed by atoms with Crippen molar-refractivity contribution in [1.29, 1.82) is 0 Å². The van der Waals surface area contributed by atoms with Crippen LogP contribution in [-0.2, 0) is 14.4 Å². The van der Waals surface area contributed by atoms with Crippen LogP contribution >= 0.6 is 0 Å². The van der Waals surface area contributed by atoms with Gasteiger partial charge in [0.15, 0.2) is 0 Å². The molecule has 0 bridgehead atoms. The number of hydrogen-bond acceptors (Lipinski definition) is 4. The lowest BCUT2D eigenvalue weighted by Crippen LogP contribution is -2.50. The van der Waals surface area contributed by atoms with Gasteiger partial charge in [0.2, 0.25) is 11.8 Å². The first-order chi connectivity index (χ1) is 14.3. The average molecular weight is 414 g/mol. The molecule has 30 heavy (non-hydrogen) atoms. The number of allylic oxidation sites excluding steroid dienone is 5. The summed E-state index contributed by atoms with van der Waals surface area (Å²) in [6, 6.07) is 0. The zero-order valence-corrected chi connectivity index (χ0v) is 17.4. The van der Waals surface area contributed by atoms with Crippen molar-refractivity contribution in [2.45, 2.75) is 26.2 Å². The summed E-state index contributed by atoms with van der Waals surface area (Å²) in [4.78, 5) is 43.6. The second kappa shape index (κ2) is 9.11. The Labute approximate surface area is 176 Å². The number of nitrogens with zero attached hydrogens (tertiary/aromatic N) is 4. The molecule has 0 saturated carbocycles. The molecule has 2 heterocycles. The fourth-order valence-corrected chi connectivity index (χ4v) is 3.65. The number of halogens is 1. The molecular formula is C22H27FN4O3. The maximum Gasteiger partial charge on any atom is 0.274 e. The number of fused-ring (bicyclic) bond motifs is 1. The van der Waals surface area contributed by atoms with E-state index in [4.69, 9.17) is 0 Å². The van der Waals surface area contributed by atoms with E-state index in [1.54, 1.807) is 51.1 Å². The summed E-state index contributed by atoms with van der Waals surface area (Å²) in [5.41, 5.74) is 1.54. The minimum atomic E-state index is -0.294. The van der Waals surface area contributed by atoms with Crippen LogP contribution in [0.15, 0.2) is 60.0 Å². The third-order valence-electron chi connectivity index (χ3n) is 5.39. The zero-order chi connectivity index (χ0) is 21.8. The molecule has 2 fully saturated rings. The molecule has 3 amide bonds. The highest BCUT2D eigenvalue weighted by Gasteiger charge is 2.34. The van der Waals surface area contributed by atoms with Crippen LogP contribution in [0, 0.1) is 0 Å². The van der Waals surface area contributed by atoms with E-state index in [-0.39, 0.29) is 48.6 Å². The van der Waals surface area contributed by atoms with Gasteiger partial charge in [-0.2, -0.15) is 0 Å². The van der Waals surface area contributed by atoms with Gasteiger partial charge in [0.05, 0.1) is 17.9 Å². The van der Waals surface area contributed by atoms with E-state index in [2.05, 4.69) is 6.58 Å². The van der Waals surface area contributed by atoms with Gasteiger partial charge in [-0.1, -0.05) is 18.7 Å². The van der Waals surface area contributed by atoms with Gasteiger partial charge in [-0.3, -0.25) is 14.4 Å². The number of carbonyl (C=O) groups excluding carboxylic acids is 3. The fourth-order valence-electron chi connectivity index (χ4n) is 3.65. The highest BCUT2D eigenvalue weighted by Crippen LogP contribution is 2.34. The number of piperazine rings is 2. The van der Waals surface area contributed by atoms with Crippen LogP contribution < -0.4 is 0 Å². The van der Waals surface area contributed by atoms with Crippen molar-refractivity contribution in [3.05, 3.63) is 60.0 Å². The van der Waals surface area contributed by atoms with E-state index in [1.807, 2.05) is 6.92 Å². The van der Waals surface area contributed by atoms with Crippen LogP contribution in [0.1, 0.15) is 26.2 Å². The summed E-state index contributed by atoms with van der Waals surface area (Å²) in [5.74, 6) is -0.749. The Morgan fingerprint density at radius 1 is 1.23 bits per heavy atom. The lowest BCUT2D eigenvalue weighted by atomic mass is 10.1. The topological polar surface area (TPSA) is 64.2 Å². The van der Waals surface area contributed by atoms with Crippen LogP contribution in [0.3, 0.4) is 0 Å². The number of carbonyl (C=O) groups is 3. The maximum absolute atomic E-state index is 13.9. The Kier molecular flexibility index (Phi) is 6.54. The molecule has 0 unspecified atom stereocenters. The molecule has 3 rings (SSSR count). The standard InChI is InChI=1S/C22H27FN4O3/c1-4-11-26-16(2)22(30)27(19-10-8-17(23)7-9-18(19)26)12-5-6-20(28)25-14-13-24(3)21(29)15-25/h4,7,9-11H,2,5-6,8,12-15H2,1,3H3/b11-4-. The molecule has 8 heteroatoms. The smallest absolute Gasteiger partial charge is 0.274 e. The van der Waals surface area contributed by atoms with Crippen molar-refractivity contribution >= 4 is 17.7 Å². The molecule has 3 aliphatic rings. The first kappa shape index (κ1) is 21.5. The normalized spacial score (nSPS) is 20.2. The minimum absolute atomic E-state index is 0.0749. The molecule has 0 atom stereocenters. The van der Waals surface area contributed by atoms with Gasteiger partial charge in [-0.15, -0.1) is 0 Å². The SMILES string of the molecule is C=C1C(=O)N(CCCC(=O)N2CCN(C)C(=O)C2)C2=CCC(F)=CC=C2N1/C=C\C. The largest absolute Gasteiger partial charge is 0.342 e. The number of amides is 3. The van der Waals surface area contributed by atoms with E-state index in [0.717, 1.165) is 0 Å². The third-order valence-corrected chi connectivity index (χ3v) is 5.39. The Hall–Kier alpha value is -3.16. The van der Waals surface area contributed by atoms with Crippen LogP contribution in [-0.4, -0.2) is 70.5 Å². The van der Waals surface area contributed by atoms with Crippen LogP contribution in [0.5, 0.6) is 0 Å². The molecule has 0 spiro atoms. The molecule has 0 radical (unpaired) electrons. The molecule has 2 aliphatic heterocycles. The second-order valence-electron chi connectivity index (χ2n) is 7.45. The minimum Gasteiger partial charge on any atom is -0.342 e. The predicted octanol–water partition coefficient (Wildman–Crippen LogP) is 2.28. The summed E-state index contributed by atoms with van der Waals surface area (Å²) in [7, 11) is 1.72. The monoisotopic (exact) mass is 414 g/mol. The van der Waals surface area contributed by atoms with E-state index in [0.29, 0.717) is 37.4 Å². The Morgan fingerprint density at radius 3 is 2.70 bits per heavy atom. The Balaban J connectivity index is 1.69. The molecule has 160 valence electrons. The molecule has 0 N–H and O–H groups in total. The summed E-state index contributed by atoms with van der Waals surface area (Å²) >= 11 is 0. The third kappa shape index (κ3) is 4.37. The maximum atomic E-state index is 13.9. The van der Waals surface area contributed by atoms with Crippen molar-refractivity contribution in [2.75, 3.05) is 33.2 Å². The van der Waals surface area contributed by atoms with Crippen LogP contribution in [0.2, 0.25) is 0 Å². The quantitative estimate of drug-likeness (QED) is 0.648. The van der Waals surface area contributed by atoms with Gasteiger partial charge in [0, 0.05) is 45.7 Å². The molecule has 0 aromatic carbocycles. The number of rotatable bonds is 5. The Bertz CT molecular complexity index is 887. The van der Waals surface area contributed by atoms with E-state index >= 15 is 0 Å². The van der Waals surface area contributed by atoms with Gasteiger partial charge < -0.3 is 19.6 Å². The average Bonchev–Trinajstić information content (AvgIpc) is 2.91. The highest BCUT2D eigenvalue weighted by molar-refractivity contribution is 5.96. The van der Waals surface area contributed by atoms with Gasteiger partial charge in [-0.25, -0.2) is 4.39 Å².